The number of allylic oxidation sites excluding steroid dienone is 1. The summed E-state index contributed by atoms with van der Waals surface area (Å²) >= 11 is 0. The monoisotopic (exact) mass is 495 g/mol. The minimum atomic E-state index is 0.00693. The van der Waals surface area contributed by atoms with E-state index in [9.17, 15) is 9.59 Å². The Labute approximate surface area is 220 Å². The molecule has 2 aromatic carbocycles. The van der Waals surface area contributed by atoms with Crippen molar-refractivity contribution in [2.24, 2.45) is 11.8 Å². The average Bonchev–Trinajstić information content (AvgIpc) is 2.93. The van der Waals surface area contributed by atoms with E-state index in [1.54, 1.807) is 0 Å². The van der Waals surface area contributed by atoms with E-state index >= 15 is 0 Å². The molecule has 1 atom stereocenters. The highest BCUT2D eigenvalue weighted by Crippen LogP contribution is 2.39. The highest BCUT2D eigenvalue weighted by atomic mass is 16.2. The van der Waals surface area contributed by atoms with Crippen molar-refractivity contribution >= 4 is 34.4 Å². The maximum absolute atomic E-state index is 14.2. The largest absolute Gasteiger partial charge is 0.343 e. The van der Waals surface area contributed by atoms with E-state index < -0.39 is 0 Å². The lowest BCUT2D eigenvalue weighted by atomic mass is 9.80. The van der Waals surface area contributed by atoms with Crippen LogP contribution in [0.5, 0.6) is 0 Å². The van der Waals surface area contributed by atoms with E-state index in [2.05, 4.69) is 37.3 Å². The van der Waals surface area contributed by atoms with Crippen LogP contribution in [0.2, 0.25) is 0 Å². The average molecular weight is 496 g/mol. The van der Waals surface area contributed by atoms with Crippen LogP contribution in [0, 0.1) is 11.8 Å². The van der Waals surface area contributed by atoms with Gasteiger partial charge in [-0.3, -0.25) is 9.59 Å². The SMILES string of the molecule is CCN(CC)C(=O)C1CCN(C(=O)c2c3c(nc4ccccc24)/C(=C\c2ccccc2)CC(C)C3)CC1. The highest BCUT2D eigenvalue weighted by Gasteiger charge is 2.33. The third-order valence-electron chi connectivity index (χ3n) is 7.98. The van der Waals surface area contributed by atoms with Gasteiger partial charge in [0, 0.05) is 37.5 Å². The molecule has 2 heterocycles. The van der Waals surface area contributed by atoms with Crippen molar-refractivity contribution in [3.8, 4) is 0 Å². The zero-order valence-electron chi connectivity index (χ0n) is 22.2. The molecule has 2 amide bonds. The Morgan fingerprint density at radius 2 is 1.65 bits per heavy atom. The molecule has 0 saturated carbocycles. The zero-order valence-corrected chi connectivity index (χ0v) is 22.2. The first-order chi connectivity index (χ1) is 18.0. The van der Waals surface area contributed by atoms with Crippen molar-refractivity contribution in [2.75, 3.05) is 26.2 Å². The summed E-state index contributed by atoms with van der Waals surface area (Å²) in [5.74, 6) is 0.743. The number of piperidine rings is 1. The van der Waals surface area contributed by atoms with Crippen LogP contribution in [-0.4, -0.2) is 52.8 Å². The number of nitrogens with zero attached hydrogens (tertiary/aromatic N) is 3. The first-order valence-electron chi connectivity index (χ1n) is 13.8. The number of hydrogen-bond donors (Lipinski definition) is 0. The number of aromatic nitrogens is 1. The Morgan fingerprint density at radius 3 is 2.35 bits per heavy atom. The quantitative estimate of drug-likeness (QED) is 0.431. The van der Waals surface area contributed by atoms with Crippen LogP contribution in [0.15, 0.2) is 54.6 Å². The molecule has 3 aromatic rings. The number of benzene rings is 2. The van der Waals surface area contributed by atoms with Crippen molar-refractivity contribution < 1.29 is 9.59 Å². The van der Waals surface area contributed by atoms with Crippen molar-refractivity contribution in [1.82, 2.24) is 14.8 Å². The number of carbonyl (C=O) groups excluding carboxylic acids is 2. The molecule has 1 aromatic heterocycles. The molecule has 1 aliphatic carbocycles. The molecular weight excluding hydrogens is 458 g/mol. The highest BCUT2D eigenvalue weighted by molar-refractivity contribution is 6.09. The summed E-state index contributed by atoms with van der Waals surface area (Å²) in [6.07, 6.45) is 5.47. The number of hydrogen-bond acceptors (Lipinski definition) is 3. The molecule has 37 heavy (non-hydrogen) atoms. The van der Waals surface area contributed by atoms with Crippen molar-refractivity contribution in [3.63, 3.8) is 0 Å². The standard InChI is InChI=1S/C32H37N3O2/c1-4-34(5-2)31(36)24-15-17-35(18-16-24)32(37)29-26-13-9-10-14-28(26)33-30-25(19-22(3)20-27(29)30)21-23-11-7-6-8-12-23/h6-14,21-22,24H,4-5,15-20H2,1-3H3/b25-21-. The Bertz CT molecular complexity index is 1320. The molecule has 5 heteroatoms. The van der Waals surface area contributed by atoms with E-state index in [4.69, 9.17) is 4.98 Å². The first kappa shape index (κ1) is 25.2. The Hall–Kier alpha value is -3.47. The van der Waals surface area contributed by atoms with Crippen molar-refractivity contribution in [2.45, 2.75) is 46.5 Å². The van der Waals surface area contributed by atoms with Gasteiger partial charge in [0.05, 0.1) is 16.8 Å². The summed E-state index contributed by atoms with van der Waals surface area (Å²) in [6, 6.07) is 18.4. The van der Waals surface area contributed by atoms with E-state index in [1.165, 1.54) is 5.57 Å². The van der Waals surface area contributed by atoms with Crippen LogP contribution in [-0.2, 0) is 11.2 Å². The lowest BCUT2D eigenvalue weighted by Crippen LogP contribution is -2.44. The molecule has 2 aliphatic rings. The van der Waals surface area contributed by atoms with Gasteiger partial charge in [-0.25, -0.2) is 4.98 Å². The normalized spacial score (nSPS) is 19.2. The molecule has 5 nitrogen and oxygen atoms in total. The van der Waals surface area contributed by atoms with Gasteiger partial charge >= 0.3 is 0 Å². The third-order valence-corrected chi connectivity index (χ3v) is 7.98. The zero-order chi connectivity index (χ0) is 25.9. The summed E-state index contributed by atoms with van der Waals surface area (Å²) in [5.41, 5.74) is 6.06. The molecular formula is C32H37N3O2. The van der Waals surface area contributed by atoms with Gasteiger partial charge in [-0.15, -0.1) is 0 Å². The second kappa shape index (κ2) is 10.9. The van der Waals surface area contributed by atoms with Crippen molar-refractivity contribution in [3.05, 3.63) is 77.0 Å². The smallest absolute Gasteiger partial charge is 0.254 e. The van der Waals surface area contributed by atoms with E-state index in [0.29, 0.717) is 19.0 Å². The Morgan fingerprint density at radius 1 is 0.973 bits per heavy atom. The fraction of sp³-hybridized carbons (Fsp3) is 0.406. The molecule has 5 rings (SSSR count). The molecule has 0 spiro atoms. The molecule has 1 fully saturated rings. The van der Waals surface area contributed by atoms with Crippen LogP contribution in [0.4, 0.5) is 0 Å². The van der Waals surface area contributed by atoms with Crippen LogP contribution in [0.25, 0.3) is 22.6 Å². The summed E-state index contributed by atoms with van der Waals surface area (Å²) in [5, 5.41) is 0.931. The molecule has 192 valence electrons. The maximum atomic E-state index is 14.2. The first-order valence-corrected chi connectivity index (χ1v) is 13.8. The van der Waals surface area contributed by atoms with Gasteiger partial charge in [-0.1, -0.05) is 55.5 Å². The van der Waals surface area contributed by atoms with Crippen LogP contribution in [0.1, 0.15) is 67.2 Å². The molecule has 1 saturated heterocycles. The number of fused-ring (bicyclic) bond motifs is 2. The summed E-state index contributed by atoms with van der Waals surface area (Å²) in [6.45, 7) is 9.02. The lowest BCUT2D eigenvalue weighted by Gasteiger charge is -2.35. The van der Waals surface area contributed by atoms with Crippen LogP contribution in [0.3, 0.4) is 0 Å². The number of likely N-dealkylation sites (tertiary alicyclic amines) is 1. The van der Waals surface area contributed by atoms with Gasteiger partial charge in [0.1, 0.15) is 0 Å². The number of para-hydroxylation sites is 1. The molecule has 1 aliphatic heterocycles. The molecule has 0 N–H and O–H groups in total. The van der Waals surface area contributed by atoms with Gasteiger partial charge in [-0.05, 0) is 74.3 Å². The number of rotatable bonds is 5. The maximum Gasteiger partial charge on any atom is 0.254 e. The van der Waals surface area contributed by atoms with Gasteiger partial charge in [0.15, 0.2) is 0 Å². The summed E-state index contributed by atoms with van der Waals surface area (Å²) in [7, 11) is 0. The van der Waals surface area contributed by atoms with Gasteiger partial charge in [-0.2, -0.15) is 0 Å². The van der Waals surface area contributed by atoms with Gasteiger partial charge in [0.25, 0.3) is 5.91 Å². The predicted octanol–water partition coefficient (Wildman–Crippen LogP) is 6.08. The van der Waals surface area contributed by atoms with Gasteiger partial charge in [0.2, 0.25) is 5.91 Å². The summed E-state index contributed by atoms with van der Waals surface area (Å²) in [4.78, 5) is 36.0. The van der Waals surface area contributed by atoms with Crippen molar-refractivity contribution in [1.29, 1.82) is 0 Å². The number of pyridine rings is 1. The topological polar surface area (TPSA) is 53.5 Å². The van der Waals surface area contributed by atoms with Crippen LogP contribution >= 0.6 is 0 Å². The summed E-state index contributed by atoms with van der Waals surface area (Å²) < 4.78 is 0. The van der Waals surface area contributed by atoms with Crippen LogP contribution < -0.4 is 0 Å². The fourth-order valence-electron chi connectivity index (χ4n) is 6.01. The Kier molecular flexibility index (Phi) is 7.40. The second-order valence-corrected chi connectivity index (χ2v) is 10.5. The minimum absolute atomic E-state index is 0.00693. The fourth-order valence-corrected chi connectivity index (χ4v) is 6.01. The predicted molar refractivity (Wildman–Crippen MR) is 150 cm³/mol. The third kappa shape index (κ3) is 5.04. The molecule has 0 radical (unpaired) electrons. The number of carbonyl (C=O) groups is 2. The molecule has 0 bridgehead atoms. The molecule has 1 unspecified atom stereocenters. The van der Waals surface area contributed by atoms with E-state index in [-0.39, 0.29) is 17.7 Å². The Balaban J connectivity index is 1.51. The number of amides is 2. The lowest BCUT2D eigenvalue weighted by molar-refractivity contribution is -0.136. The second-order valence-electron chi connectivity index (χ2n) is 10.5. The minimum Gasteiger partial charge on any atom is -0.343 e. The van der Waals surface area contributed by atoms with E-state index in [0.717, 1.165) is 72.1 Å². The van der Waals surface area contributed by atoms with E-state index in [1.807, 2.05) is 54.0 Å². The van der Waals surface area contributed by atoms with Gasteiger partial charge < -0.3 is 9.80 Å².